The quantitative estimate of drug-likeness (QED) is 0.690. The normalized spacial score (nSPS) is 19.7. The SMILES string of the molecule is NCCNc1nc(-c2ccc(F)cc2)c(C2=N/C(SCl)=C\CC/C=C\2)s1. The Morgan fingerprint density at radius 1 is 1.27 bits per heavy atom. The van der Waals surface area contributed by atoms with Gasteiger partial charge in [-0.25, -0.2) is 14.4 Å². The molecule has 0 bridgehead atoms. The first-order valence-electron chi connectivity index (χ1n) is 8.16. The van der Waals surface area contributed by atoms with Crippen LogP contribution in [0.25, 0.3) is 11.3 Å². The van der Waals surface area contributed by atoms with Crippen molar-refractivity contribution in [3.8, 4) is 11.3 Å². The summed E-state index contributed by atoms with van der Waals surface area (Å²) in [4.78, 5) is 10.3. The number of nitrogens with zero attached hydrogens (tertiary/aromatic N) is 2. The number of halogens is 2. The summed E-state index contributed by atoms with van der Waals surface area (Å²) < 4.78 is 13.3. The number of nitrogens with one attached hydrogen (secondary N) is 1. The number of hydrogen-bond donors (Lipinski definition) is 2. The number of allylic oxidation sites excluding steroid dienone is 3. The van der Waals surface area contributed by atoms with Gasteiger partial charge in [-0.2, -0.15) is 0 Å². The molecule has 0 atom stereocenters. The fourth-order valence-corrected chi connectivity index (χ4v) is 4.02. The molecule has 1 aliphatic heterocycles. The zero-order chi connectivity index (χ0) is 18.4. The van der Waals surface area contributed by atoms with Crippen molar-refractivity contribution in [2.45, 2.75) is 12.8 Å². The second-order valence-corrected chi connectivity index (χ2v) is 7.55. The Morgan fingerprint density at radius 3 is 2.81 bits per heavy atom. The zero-order valence-corrected chi connectivity index (χ0v) is 16.3. The molecular formula is C18H18ClFN4S2. The second-order valence-electron chi connectivity index (χ2n) is 5.52. The summed E-state index contributed by atoms with van der Waals surface area (Å²) in [5.74, 6) is -0.279. The Bertz CT molecular complexity index is 843. The first-order valence-corrected chi connectivity index (χ1v) is 10.6. The molecule has 0 amide bonds. The van der Waals surface area contributed by atoms with E-state index in [0.29, 0.717) is 13.1 Å². The van der Waals surface area contributed by atoms with E-state index in [1.807, 2.05) is 12.2 Å². The lowest BCUT2D eigenvalue weighted by Crippen LogP contribution is -2.12. The fraction of sp³-hybridized carbons (Fsp3) is 0.222. The topological polar surface area (TPSA) is 63.3 Å². The van der Waals surface area contributed by atoms with E-state index in [1.54, 1.807) is 12.1 Å². The zero-order valence-electron chi connectivity index (χ0n) is 13.9. The van der Waals surface area contributed by atoms with E-state index >= 15 is 0 Å². The van der Waals surface area contributed by atoms with Gasteiger partial charge in [0.05, 0.1) is 16.3 Å². The van der Waals surface area contributed by atoms with Crippen molar-refractivity contribution in [2.75, 3.05) is 18.4 Å². The minimum Gasteiger partial charge on any atom is -0.360 e. The smallest absolute Gasteiger partial charge is 0.183 e. The molecule has 2 heterocycles. The second kappa shape index (κ2) is 9.32. The van der Waals surface area contributed by atoms with Crippen molar-refractivity contribution >= 4 is 43.8 Å². The van der Waals surface area contributed by atoms with Crippen molar-refractivity contribution in [3.05, 3.63) is 58.2 Å². The highest BCUT2D eigenvalue weighted by Crippen LogP contribution is 2.34. The van der Waals surface area contributed by atoms with Crippen LogP contribution in [0.5, 0.6) is 0 Å². The molecule has 0 spiro atoms. The molecule has 26 heavy (non-hydrogen) atoms. The van der Waals surface area contributed by atoms with Crippen molar-refractivity contribution in [1.82, 2.24) is 4.98 Å². The summed E-state index contributed by atoms with van der Waals surface area (Å²) in [6.07, 6.45) is 7.93. The predicted molar refractivity (Wildman–Crippen MR) is 111 cm³/mol. The van der Waals surface area contributed by atoms with E-state index in [9.17, 15) is 4.39 Å². The molecule has 0 fully saturated rings. The third-order valence-electron chi connectivity index (χ3n) is 3.64. The van der Waals surface area contributed by atoms with Gasteiger partial charge in [-0.05, 0) is 53.9 Å². The highest BCUT2D eigenvalue weighted by atomic mass is 35.7. The van der Waals surface area contributed by atoms with Crippen molar-refractivity contribution in [1.29, 1.82) is 0 Å². The summed E-state index contributed by atoms with van der Waals surface area (Å²) >= 11 is 1.50. The van der Waals surface area contributed by atoms with Crippen LogP contribution in [-0.4, -0.2) is 23.8 Å². The molecule has 0 saturated carbocycles. The maximum absolute atomic E-state index is 13.3. The van der Waals surface area contributed by atoms with Crippen LogP contribution in [0, 0.1) is 5.82 Å². The molecule has 0 saturated heterocycles. The van der Waals surface area contributed by atoms with E-state index in [4.69, 9.17) is 16.4 Å². The number of thiazole rings is 1. The van der Waals surface area contributed by atoms with Crippen LogP contribution < -0.4 is 11.1 Å². The maximum atomic E-state index is 13.3. The Morgan fingerprint density at radius 2 is 2.08 bits per heavy atom. The van der Waals surface area contributed by atoms with Gasteiger partial charge in [0.2, 0.25) is 0 Å². The lowest BCUT2D eigenvalue weighted by molar-refractivity contribution is 0.628. The van der Waals surface area contributed by atoms with Crippen molar-refractivity contribution in [3.63, 3.8) is 0 Å². The summed E-state index contributed by atoms with van der Waals surface area (Å²) in [5.41, 5.74) is 7.97. The number of rotatable bonds is 6. The highest BCUT2D eigenvalue weighted by Gasteiger charge is 2.18. The van der Waals surface area contributed by atoms with E-state index in [-0.39, 0.29) is 5.82 Å². The number of nitrogens with two attached hydrogens (primary N) is 1. The fourth-order valence-electron chi connectivity index (χ4n) is 2.43. The average molecular weight is 409 g/mol. The lowest BCUT2D eigenvalue weighted by atomic mass is 10.1. The van der Waals surface area contributed by atoms with Crippen LogP contribution in [0.3, 0.4) is 0 Å². The molecule has 1 aromatic carbocycles. The van der Waals surface area contributed by atoms with Crippen LogP contribution in [0.2, 0.25) is 0 Å². The molecule has 2 aromatic rings. The number of anilines is 1. The van der Waals surface area contributed by atoms with Gasteiger partial charge in [-0.15, -0.1) is 0 Å². The summed E-state index contributed by atoms with van der Waals surface area (Å²) in [6, 6.07) is 6.31. The molecule has 0 radical (unpaired) electrons. The van der Waals surface area contributed by atoms with E-state index in [1.165, 1.54) is 23.5 Å². The summed E-state index contributed by atoms with van der Waals surface area (Å²) in [5, 5.41) is 4.73. The van der Waals surface area contributed by atoms with Crippen molar-refractivity contribution in [2.24, 2.45) is 10.7 Å². The van der Waals surface area contributed by atoms with Crippen LogP contribution >= 0.6 is 33.0 Å². The first-order chi connectivity index (χ1) is 12.7. The van der Waals surface area contributed by atoms with Crippen LogP contribution in [0.1, 0.15) is 17.7 Å². The van der Waals surface area contributed by atoms with Crippen LogP contribution in [0.15, 0.2) is 52.5 Å². The Balaban J connectivity index is 2.08. The van der Waals surface area contributed by atoms with Crippen molar-refractivity contribution < 1.29 is 4.39 Å². The van der Waals surface area contributed by atoms with Crippen LogP contribution in [-0.2, 0) is 0 Å². The Hall–Kier alpha value is -1.67. The third kappa shape index (κ3) is 4.73. The largest absolute Gasteiger partial charge is 0.360 e. The average Bonchev–Trinajstić information content (AvgIpc) is 3.05. The predicted octanol–water partition coefficient (Wildman–Crippen LogP) is 5.19. The number of aliphatic imine (C=N–C) groups is 1. The Labute approximate surface area is 164 Å². The maximum Gasteiger partial charge on any atom is 0.183 e. The standard InChI is InChI=1S/C18H18ClFN4S2/c19-26-15-5-3-1-2-4-14(23-15)17-16(12-6-8-13(20)9-7-12)24-18(25-17)22-11-10-21/h2,4-9H,1,3,10-11,21H2,(H,22,24)/b4-2-,15-5+,23-14+. The molecule has 0 unspecified atom stereocenters. The molecule has 136 valence electrons. The van der Waals surface area contributed by atoms with Gasteiger partial charge in [0.1, 0.15) is 10.8 Å². The van der Waals surface area contributed by atoms with Crippen LogP contribution in [0.4, 0.5) is 9.52 Å². The highest BCUT2D eigenvalue weighted by molar-refractivity contribution is 8.24. The molecule has 3 rings (SSSR count). The summed E-state index contributed by atoms with van der Waals surface area (Å²) in [6.45, 7) is 1.14. The number of hydrogen-bond acceptors (Lipinski definition) is 6. The number of benzene rings is 1. The van der Waals surface area contributed by atoms with Gasteiger partial charge in [0.25, 0.3) is 0 Å². The van der Waals surface area contributed by atoms with Gasteiger partial charge in [0.15, 0.2) is 5.13 Å². The van der Waals surface area contributed by atoms with Gasteiger partial charge >= 0.3 is 0 Å². The minimum atomic E-state index is -0.279. The molecule has 0 aliphatic carbocycles. The molecular weight excluding hydrogens is 391 g/mol. The molecule has 3 N–H and O–H groups in total. The van der Waals surface area contributed by atoms with Gasteiger partial charge in [-0.1, -0.05) is 23.5 Å². The van der Waals surface area contributed by atoms with Gasteiger partial charge < -0.3 is 11.1 Å². The van der Waals surface area contributed by atoms with E-state index in [0.717, 1.165) is 55.8 Å². The lowest BCUT2D eigenvalue weighted by Gasteiger charge is -2.06. The number of aromatic nitrogens is 1. The van der Waals surface area contributed by atoms with Gasteiger partial charge in [0, 0.05) is 29.6 Å². The summed E-state index contributed by atoms with van der Waals surface area (Å²) in [7, 11) is 7.05. The van der Waals surface area contributed by atoms with E-state index < -0.39 is 0 Å². The minimum absolute atomic E-state index is 0.279. The molecule has 8 heteroatoms. The molecule has 4 nitrogen and oxygen atoms in total. The molecule has 1 aliphatic rings. The van der Waals surface area contributed by atoms with Gasteiger partial charge in [-0.3, -0.25) is 0 Å². The Kier molecular flexibility index (Phi) is 6.85. The third-order valence-corrected chi connectivity index (χ3v) is 5.56. The monoisotopic (exact) mass is 408 g/mol. The molecule has 1 aromatic heterocycles. The van der Waals surface area contributed by atoms with E-state index in [2.05, 4.69) is 21.4 Å². The first kappa shape index (κ1) is 19.1.